The Labute approximate surface area is 134 Å². The third-order valence-electron chi connectivity index (χ3n) is 2.28. The summed E-state index contributed by atoms with van der Waals surface area (Å²) in [6.45, 7) is 8.23. The summed E-state index contributed by atoms with van der Waals surface area (Å²) in [7, 11) is 0. The fraction of sp³-hybridized carbons (Fsp3) is 0.312. The van der Waals surface area contributed by atoms with Gasteiger partial charge in [-0.1, -0.05) is 36.9 Å². The summed E-state index contributed by atoms with van der Waals surface area (Å²) in [6.07, 6.45) is -2.36. The molecular weight excluding hydrogens is 302 g/mol. The Morgan fingerprint density at radius 3 is 2.30 bits per heavy atom. The first-order valence-corrected chi connectivity index (χ1v) is 6.79. The van der Waals surface area contributed by atoms with Gasteiger partial charge in [0.2, 0.25) is 0 Å². The Morgan fingerprint density at radius 1 is 1.13 bits per heavy atom. The third kappa shape index (κ3) is 7.66. The molecular formula is C16H19NO6. The number of hydrogen-bond acceptors (Lipinski definition) is 6. The number of rotatable bonds is 4. The average molecular weight is 321 g/mol. The summed E-state index contributed by atoms with van der Waals surface area (Å²) in [5.74, 6) is -0.838. The van der Waals surface area contributed by atoms with Gasteiger partial charge in [-0.15, -0.1) is 0 Å². The number of ether oxygens (including phenoxy) is 3. The molecule has 0 aliphatic carbocycles. The largest absolute Gasteiger partial charge is 0.517 e. The van der Waals surface area contributed by atoms with Gasteiger partial charge in [0, 0.05) is 0 Å². The molecule has 0 fully saturated rings. The molecule has 0 aliphatic heterocycles. The molecule has 0 radical (unpaired) electrons. The highest BCUT2D eigenvalue weighted by Gasteiger charge is 2.21. The molecule has 0 bridgehead atoms. The van der Waals surface area contributed by atoms with Crippen molar-refractivity contribution in [2.24, 2.45) is 0 Å². The fourth-order valence-corrected chi connectivity index (χ4v) is 1.36. The van der Waals surface area contributed by atoms with Crippen molar-refractivity contribution in [3.8, 4) is 0 Å². The first-order chi connectivity index (χ1) is 10.7. The lowest BCUT2D eigenvalue weighted by Crippen LogP contribution is -2.32. The maximum absolute atomic E-state index is 11.7. The first-order valence-electron chi connectivity index (χ1n) is 6.79. The van der Waals surface area contributed by atoms with Crippen molar-refractivity contribution in [2.45, 2.75) is 33.0 Å². The van der Waals surface area contributed by atoms with E-state index in [1.165, 1.54) is 0 Å². The zero-order chi connectivity index (χ0) is 17.5. The monoisotopic (exact) mass is 321 g/mol. The highest BCUT2D eigenvalue weighted by atomic mass is 16.8. The van der Waals surface area contributed by atoms with Gasteiger partial charge in [0.1, 0.15) is 17.9 Å². The van der Waals surface area contributed by atoms with Gasteiger partial charge in [0.05, 0.1) is 0 Å². The van der Waals surface area contributed by atoms with E-state index in [0.29, 0.717) is 0 Å². The lowest BCUT2D eigenvalue weighted by atomic mass is 10.2. The van der Waals surface area contributed by atoms with Crippen molar-refractivity contribution < 1.29 is 28.6 Å². The fourth-order valence-electron chi connectivity index (χ4n) is 1.36. The topological polar surface area (TPSA) is 90.9 Å². The lowest BCUT2D eigenvalue weighted by molar-refractivity contribution is -0.140. The van der Waals surface area contributed by atoms with Crippen molar-refractivity contribution in [1.29, 1.82) is 0 Å². The normalized spacial score (nSPS) is 10.4. The summed E-state index contributed by atoms with van der Waals surface area (Å²) in [4.78, 5) is 34.4. The molecule has 0 saturated carbocycles. The van der Waals surface area contributed by atoms with Crippen LogP contribution >= 0.6 is 0 Å². The molecule has 0 saturated heterocycles. The van der Waals surface area contributed by atoms with Gasteiger partial charge in [-0.3, -0.25) is 5.32 Å². The minimum atomic E-state index is -1.18. The minimum Gasteiger partial charge on any atom is -0.456 e. The van der Waals surface area contributed by atoms with Gasteiger partial charge in [-0.2, -0.15) is 0 Å². The molecule has 0 heterocycles. The molecule has 0 aromatic heterocycles. The summed E-state index contributed by atoms with van der Waals surface area (Å²) < 4.78 is 14.1. The number of alkyl carbamates (subject to hydrolysis) is 1. The van der Waals surface area contributed by atoms with Crippen LogP contribution in [0.25, 0.3) is 0 Å². The van der Waals surface area contributed by atoms with Crippen molar-refractivity contribution >= 4 is 18.2 Å². The van der Waals surface area contributed by atoms with Crippen molar-refractivity contribution in [1.82, 2.24) is 5.32 Å². The highest BCUT2D eigenvalue weighted by molar-refractivity contribution is 5.93. The molecule has 7 nitrogen and oxygen atoms in total. The van der Waals surface area contributed by atoms with Crippen LogP contribution in [-0.4, -0.2) is 23.8 Å². The molecule has 1 aromatic carbocycles. The van der Waals surface area contributed by atoms with E-state index in [4.69, 9.17) is 9.47 Å². The van der Waals surface area contributed by atoms with Gasteiger partial charge in [0.15, 0.2) is 0 Å². The van der Waals surface area contributed by atoms with Crippen LogP contribution in [0.5, 0.6) is 0 Å². The van der Waals surface area contributed by atoms with Crippen LogP contribution in [0.2, 0.25) is 0 Å². The van der Waals surface area contributed by atoms with Gasteiger partial charge in [0.25, 0.3) is 0 Å². The molecule has 124 valence electrons. The first kappa shape index (κ1) is 18.2. The minimum absolute atomic E-state index is 0.0293. The molecule has 1 rings (SSSR count). The highest BCUT2D eigenvalue weighted by Crippen LogP contribution is 2.08. The Kier molecular flexibility index (Phi) is 6.32. The van der Waals surface area contributed by atoms with E-state index in [-0.39, 0.29) is 12.3 Å². The zero-order valence-corrected chi connectivity index (χ0v) is 13.3. The summed E-state index contributed by atoms with van der Waals surface area (Å²) >= 11 is 0. The summed E-state index contributed by atoms with van der Waals surface area (Å²) in [6, 6.07) is 8.99. The second-order valence-electron chi connectivity index (χ2n) is 5.52. The van der Waals surface area contributed by atoms with Crippen LogP contribution in [0.1, 0.15) is 26.3 Å². The van der Waals surface area contributed by atoms with E-state index in [2.05, 4.69) is 11.3 Å². The van der Waals surface area contributed by atoms with Gasteiger partial charge >= 0.3 is 18.2 Å². The standard InChI is InChI=1S/C16H19NO6/c1-11(13(18)21-10-12-8-6-5-7-9-12)17-14(19)22-15(20)23-16(2,3)4/h5-9H,1,10H2,2-4H3,(H,17,19). The van der Waals surface area contributed by atoms with E-state index < -0.39 is 23.8 Å². The summed E-state index contributed by atoms with van der Waals surface area (Å²) in [5.41, 5.74) is -0.373. The van der Waals surface area contributed by atoms with Crippen LogP contribution in [0.15, 0.2) is 42.6 Å². The predicted molar refractivity (Wildman–Crippen MR) is 81.2 cm³/mol. The molecule has 23 heavy (non-hydrogen) atoms. The van der Waals surface area contributed by atoms with E-state index >= 15 is 0 Å². The van der Waals surface area contributed by atoms with Crippen molar-refractivity contribution in [3.05, 3.63) is 48.2 Å². The van der Waals surface area contributed by atoms with Gasteiger partial charge in [-0.05, 0) is 26.3 Å². The Hall–Kier alpha value is -2.83. The van der Waals surface area contributed by atoms with Crippen LogP contribution in [0.4, 0.5) is 9.59 Å². The molecule has 7 heteroatoms. The molecule has 0 aliphatic rings. The van der Waals surface area contributed by atoms with E-state index in [0.717, 1.165) is 5.56 Å². The Balaban J connectivity index is 2.38. The maximum atomic E-state index is 11.7. The number of benzene rings is 1. The van der Waals surface area contributed by atoms with Crippen LogP contribution in [0, 0.1) is 0 Å². The Bertz CT molecular complexity index is 588. The molecule has 0 unspecified atom stereocenters. The molecule has 1 amide bonds. The maximum Gasteiger partial charge on any atom is 0.517 e. The van der Waals surface area contributed by atoms with Crippen molar-refractivity contribution in [2.75, 3.05) is 0 Å². The third-order valence-corrected chi connectivity index (χ3v) is 2.28. The average Bonchev–Trinajstić information content (AvgIpc) is 2.43. The molecule has 1 N–H and O–H groups in total. The number of nitrogens with one attached hydrogen (secondary N) is 1. The number of carbonyl (C=O) groups excluding carboxylic acids is 3. The van der Waals surface area contributed by atoms with Crippen LogP contribution < -0.4 is 5.32 Å². The summed E-state index contributed by atoms with van der Waals surface area (Å²) in [5, 5.41) is 2.00. The van der Waals surface area contributed by atoms with Gasteiger partial charge in [-0.25, -0.2) is 14.4 Å². The number of hydrogen-bond donors (Lipinski definition) is 1. The second-order valence-corrected chi connectivity index (χ2v) is 5.52. The van der Waals surface area contributed by atoms with E-state index in [9.17, 15) is 14.4 Å². The zero-order valence-electron chi connectivity index (χ0n) is 13.3. The smallest absolute Gasteiger partial charge is 0.456 e. The molecule has 0 spiro atoms. The van der Waals surface area contributed by atoms with Crippen molar-refractivity contribution in [3.63, 3.8) is 0 Å². The molecule has 1 aromatic rings. The number of amides is 1. The quantitative estimate of drug-likeness (QED) is 0.521. The van der Waals surface area contributed by atoms with Gasteiger partial charge < -0.3 is 14.2 Å². The number of esters is 1. The second kappa shape index (κ2) is 7.98. The predicted octanol–water partition coefficient (Wildman–Crippen LogP) is 2.90. The molecule has 0 atom stereocenters. The number of carbonyl (C=O) groups is 3. The van der Waals surface area contributed by atoms with Crippen LogP contribution in [0.3, 0.4) is 0 Å². The lowest BCUT2D eigenvalue weighted by Gasteiger charge is -2.18. The SMILES string of the molecule is C=C(NC(=O)OC(=O)OC(C)(C)C)C(=O)OCc1ccccc1. The van der Waals surface area contributed by atoms with Crippen LogP contribution in [-0.2, 0) is 25.6 Å². The van der Waals surface area contributed by atoms with E-state index in [1.54, 1.807) is 45.0 Å². The van der Waals surface area contributed by atoms with E-state index in [1.807, 2.05) is 11.4 Å². The Morgan fingerprint density at radius 2 is 1.74 bits per heavy atom.